The minimum atomic E-state index is -1.53. The van der Waals surface area contributed by atoms with Gasteiger partial charge in [0, 0.05) is 19.4 Å². The van der Waals surface area contributed by atoms with Crippen LogP contribution in [0.25, 0.3) is 0 Å². The first-order chi connectivity index (χ1) is 19.0. The van der Waals surface area contributed by atoms with Gasteiger partial charge < -0.3 is 34.8 Å². The maximum absolute atomic E-state index is 13.3. The monoisotopic (exact) mass is 622 g/mol. The van der Waals surface area contributed by atoms with Gasteiger partial charge in [-0.25, -0.2) is 4.79 Å². The number of benzene rings is 1. The van der Waals surface area contributed by atoms with Gasteiger partial charge >= 0.3 is 5.97 Å². The Bertz CT molecular complexity index is 1010. The highest BCUT2D eigenvalue weighted by molar-refractivity contribution is 7.99. The second kappa shape index (κ2) is 15.4. The van der Waals surface area contributed by atoms with Crippen LogP contribution in [-0.2, 0) is 19.0 Å². The second-order valence-electron chi connectivity index (χ2n) is 10.4. The quantitative estimate of drug-likeness (QED) is 0.203. The molecule has 0 saturated carbocycles. The topological polar surface area (TPSA) is 138 Å². The van der Waals surface area contributed by atoms with Crippen LogP contribution in [0, 0.1) is 5.92 Å². The Labute approximate surface area is 249 Å². The Balaban J connectivity index is 1.62. The molecule has 3 rings (SSSR count). The van der Waals surface area contributed by atoms with E-state index in [1.54, 1.807) is 6.92 Å². The molecule has 1 aromatic rings. The second-order valence-corrected chi connectivity index (χ2v) is 12.4. The van der Waals surface area contributed by atoms with E-state index in [-0.39, 0.29) is 34.9 Å². The molecular weight excluding hydrogens is 583 g/mol. The molecule has 2 aliphatic heterocycles. The van der Waals surface area contributed by atoms with Gasteiger partial charge in [-0.1, -0.05) is 36.5 Å². The molecule has 0 unspecified atom stereocenters. The molecular formula is C27H40Cl2N2O8S. The summed E-state index contributed by atoms with van der Waals surface area (Å²) in [7, 11) is 3.40. The van der Waals surface area contributed by atoms with Gasteiger partial charge in [0.1, 0.15) is 36.5 Å². The van der Waals surface area contributed by atoms with Gasteiger partial charge in [0.25, 0.3) is 0 Å². The highest BCUT2D eigenvalue weighted by Crippen LogP contribution is 2.32. The molecule has 2 fully saturated rings. The largest absolute Gasteiger partial charge is 0.461 e. The van der Waals surface area contributed by atoms with Crippen molar-refractivity contribution >= 4 is 46.8 Å². The third-order valence-corrected chi connectivity index (χ3v) is 9.40. The van der Waals surface area contributed by atoms with Crippen molar-refractivity contribution in [3.05, 3.63) is 33.8 Å². The van der Waals surface area contributed by atoms with E-state index < -0.39 is 48.0 Å². The SMILES string of the molecule is CCC[C@@H]1C[C@@H](C(=O)N[C@@H]([C@H]2O[C@H](SCCOC(=O)c3ccc(Cl)c(Cl)c3)[C@H](O)[C@@H](O)[C@H]2O)[C@@H](C)OC)N(C)C1. The average molecular weight is 624 g/mol. The number of aliphatic hydroxyl groups is 3. The molecule has 1 aromatic carbocycles. The summed E-state index contributed by atoms with van der Waals surface area (Å²) in [5.74, 6) is -0.131. The number of carbonyl (C=O) groups excluding carboxylic acids is 2. The van der Waals surface area contributed by atoms with Crippen LogP contribution in [-0.4, -0.2) is 113 Å². The first-order valence-electron chi connectivity index (χ1n) is 13.4. The van der Waals surface area contributed by atoms with Crippen LogP contribution in [0.15, 0.2) is 18.2 Å². The first kappa shape index (κ1) is 33.4. The minimum absolute atomic E-state index is 0.0127. The fourth-order valence-corrected chi connectivity index (χ4v) is 6.49. The summed E-state index contributed by atoms with van der Waals surface area (Å²) < 4.78 is 16.8. The third kappa shape index (κ3) is 8.23. The molecule has 9 atom stereocenters. The van der Waals surface area contributed by atoms with Gasteiger partial charge in [-0.2, -0.15) is 0 Å². The van der Waals surface area contributed by atoms with Crippen molar-refractivity contribution in [2.24, 2.45) is 5.92 Å². The van der Waals surface area contributed by atoms with E-state index in [4.69, 9.17) is 37.4 Å². The summed E-state index contributed by atoms with van der Waals surface area (Å²) in [6.45, 7) is 4.68. The van der Waals surface area contributed by atoms with Crippen LogP contribution in [0.4, 0.5) is 0 Å². The molecule has 0 aromatic heterocycles. The number of amides is 1. The predicted molar refractivity (Wildman–Crippen MR) is 154 cm³/mol. The first-order valence-corrected chi connectivity index (χ1v) is 15.3. The van der Waals surface area contributed by atoms with Crippen molar-refractivity contribution < 1.29 is 39.1 Å². The van der Waals surface area contributed by atoms with E-state index in [1.165, 1.54) is 25.3 Å². The van der Waals surface area contributed by atoms with E-state index in [0.717, 1.165) is 37.6 Å². The molecule has 10 nitrogen and oxygen atoms in total. The Morgan fingerprint density at radius 3 is 2.58 bits per heavy atom. The number of nitrogens with one attached hydrogen (secondary N) is 1. The standard InChI is InChI=1S/C27H40Cl2N2O8S/c1-5-6-15-11-19(31(3)13-15)25(35)30-20(14(2)37-4)24-22(33)21(32)23(34)27(39-24)40-10-9-38-26(36)16-7-8-17(28)18(29)12-16/h7-8,12,14-15,19-24,27,32-34H,5-6,9-11,13H2,1-4H3,(H,30,35)/t14-,15-,19+,20-,21+,22-,23-,24-,27-/m1/s1. The van der Waals surface area contributed by atoms with Gasteiger partial charge in [-0.05, 0) is 50.9 Å². The smallest absolute Gasteiger partial charge is 0.338 e. The molecule has 4 N–H and O–H groups in total. The Kier molecular flexibility index (Phi) is 12.8. The number of likely N-dealkylation sites (N-methyl/N-ethyl adjacent to an activating group) is 1. The zero-order chi connectivity index (χ0) is 29.6. The number of halogens is 2. The Hall–Kier alpha value is -1.15. The third-order valence-electron chi connectivity index (χ3n) is 7.54. The van der Waals surface area contributed by atoms with Gasteiger partial charge in [0.05, 0.1) is 33.8 Å². The van der Waals surface area contributed by atoms with Crippen molar-refractivity contribution in [1.29, 1.82) is 0 Å². The van der Waals surface area contributed by atoms with E-state index in [0.29, 0.717) is 10.9 Å². The van der Waals surface area contributed by atoms with Crippen molar-refractivity contribution in [3.8, 4) is 0 Å². The summed E-state index contributed by atoms with van der Waals surface area (Å²) in [6, 6.07) is 3.28. The van der Waals surface area contributed by atoms with Crippen molar-refractivity contribution in [3.63, 3.8) is 0 Å². The predicted octanol–water partition coefficient (Wildman–Crippen LogP) is 2.33. The fraction of sp³-hybridized carbons (Fsp3) is 0.704. The van der Waals surface area contributed by atoms with Gasteiger partial charge in [-0.3, -0.25) is 9.69 Å². The molecule has 2 saturated heterocycles. The molecule has 0 bridgehead atoms. The lowest BCUT2D eigenvalue weighted by Gasteiger charge is -2.44. The molecule has 13 heteroatoms. The van der Waals surface area contributed by atoms with Crippen molar-refractivity contribution in [2.45, 2.75) is 81.1 Å². The Morgan fingerprint density at radius 1 is 1.20 bits per heavy atom. The number of rotatable bonds is 12. The molecule has 2 heterocycles. The van der Waals surface area contributed by atoms with Gasteiger partial charge in [0.2, 0.25) is 5.91 Å². The van der Waals surface area contributed by atoms with Crippen LogP contribution in [0.1, 0.15) is 43.5 Å². The molecule has 226 valence electrons. The number of hydrogen-bond donors (Lipinski definition) is 4. The molecule has 40 heavy (non-hydrogen) atoms. The van der Waals surface area contributed by atoms with E-state index >= 15 is 0 Å². The lowest BCUT2D eigenvalue weighted by atomic mass is 9.91. The highest BCUT2D eigenvalue weighted by atomic mass is 35.5. The van der Waals surface area contributed by atoms with Gasteiger partial charge in [0.15, 0.2) is 0 Å². The number of methoxy groups -OCH3 is 1. The summed E-state index contributed by atoms with van der Waals surface area (Å²) in [5.41, 5.74) is -0.716. The summed E-state index contributed by atoms with van der Waals surface area (Å²) in [5, 5.41) is 35.6. The number of carbonyl (C=O) groups is 2. The number of nitrogens with zero attached hydrogens (tertiary/aromatic N) is 1. The number of aliphatic hydroxyl groups excluding tert-OH is 3. The Morgan fingerprint density at radius 2 is 1.93 bits per heavy atom. The molecule has 1 amide bonds. The molecule has 2 aliphatic rings. The average Bonchev–Trinajstić information content (AvgIpc) is 3.30. The van der Waals surface area contributed by atoms with Gasteiger partial charge in [-0.15, -0.1) is 11.8 Å². The van der Waals surface area contributed by atoms with E-state index in [2.05, 4.69) is 12.2 Å². The van der Waals surface area contributed by atoms with Crippen molar-refractivity contribution in [2.75, 3.05) is 33.1 Å². The number of ether oxygens (including phenoxy) is 3. The molecule has 0 aliphatic carbocycles. The molecule has 0 radical (unpaired) electrons. The van der Waals surface area contributed by atoms with Crippen LogP contribution in [0.2, 0.25) is 10.0 Å². The van der Waals surface area contributed by atoms with Crippen LogP contribution >= 0.6 is 35.0 Å². The van der Waals surface area contributed by atoms with E-state index in [9.17, 15) is 24.9 Å². The maximum atomic E-state index is 13.3. The number of likely N-dealkylation sites (tertiary alicyclic amines) is 1. The maximum Gasteiger partial charge on any atom is 0.338 e. The van der Waals surface area contributed by atoms with Crippen LogP contribution < -0.4 is 5.32 Å². The van der Waals surface area contributed by atoms with Crippen LogP contribution in [0.3, 0.4) is 0 Å². The lowest BCUT2D eigenvalue weighted by molar-refractivity contribution is -0.212. The zero-order valence-corrected chi connectivity index (χ0v) is 25.5. The van der Waals surface area contributed by atoms with E-state index in [1.807, 2.05) is 11.9 Å². The summed E-state index contributed by atoms with van der Waals surface area (Å²) in [6.07, 6.45) is -3.22. The number of thioether (sulfide) groups is 1. The van der Waals surface area contributed by atoms with Crippen LogP contribution in [0.5, 0.6) is 0 Å². The minimum Gasteiger partial charge on any atom is -0.461 e. The summed E-state index contributed by atoms with van der Waals surface area (Å²) >= 11 is 13.0. The molecule has 0 spiro atoms. The highest BCUT2D eigenvalue weighted by Gasteiger charge is 2.49. The zero-order valence-electron chi connectivity index (χ0n) is 23.2. The van der Waals surface area contributed by atoms with Crippen molar-refractivity contribution in [1.82, 2.24) is 10.2 Å². The number of hydrogen-bond acceptors (Lipinski definition) is 10. The normalized spacial score (nSPS) is 30.6. The fourth-order valence-electron chi connectivity index (χ4n) is 5.22. The summed E-state index contributed by atoms with van der Waals surface area (Å²) in [4.78, 5) is 27.7. The number of esters is 1. The lowest BCUT2D eigenvalue weighted by Crippen LogP contribution is -2.66.